The van der Waals surface area contributed by atoms with Crippen LogP contribution in [0.3, 0.4) is 0 Å². The summed E-state index contributed by atoms with van der Waals surface area (Å²) >= 11 is 0. The second kappa shape index (κ2) is 9.53. The van der Waals surface area contributed by atoms with Gasteiger partial charge in [-0.05, 0) is 50.4 Å². The Kier molecular flexibility index (Phi) is 6.83. The van der Waals surface area contributed by atoms with Gasteiger partial charge in [-0.25, -0.2) is 4.99 Å². The number of benzene rings is 1. The maximum absolute atomic E-state index is 4.84. The molecule has 1 aromatic carbocycles. The number of para-hydroxylation sites is 1. The second-order valence-electron chi connectivity index (χ2n) is 6.94. The molecule has 0 atom stereocenters. The first-order chi connectivity index (χ1) is 12.8. The van der Waals surface area contributed by atoms with Gasteiger partial charge in [-0.1, -0.05) is 25.1 Å². The van der Waals surface area contributed by atoms with E-state index in [4.69, 9.17) is 4.99 Å². The topological polar surface area (TPSA) is 52.5 Å². The first-order valence-electron chi connectivity index (χ1n) is 9.90. The monoisotopic (exact) mass is 353 g/mol. The molecule has 5 heteroatoms. The van der Waals surface area contributed by atoms with E-state index in [0.29, 0.717) is 12.6 Å². The van der Waals surface area contributed by atoms with Crippen molar-refractivity contribution in [2.24, 2.45) is 4.99 Å². The third kappa shape index (κ3) is 4.94. The fraction of sp³-hybridized carbons (Fsp3) is 0.524. The van der Waals surface area contributed by atoms with E-state index in [-0.39, 0.29) is 0 Å². The minimum Gasteiger partial charge on any atom is -0.357 e. The molecule has 2 heterocycles. The van der Waals surface area contributed by atoms with E-state index in [2.05, 4.69) is 58.6 Å². The van der Waals surface area contributed by atoms with E-state index >= 15 is 0 Å². The number of nitrogens with zero attached hydrogens (tertiary/aromatic N) is 3. The molecular formula is C21H31N5. The van der Waals surface area contributed by atoms with E-state index < -0.39 is 0 Å². The van der Waals surface area contributed by atoms with Crippen molar-refractivity contribution in [3.8, 4) is 0 Å². The Labute approximate surface area is 156 Å². The molecule has 26 heavy (non-hydrogen) atoms. The average molecular weight is 354 g/mol. The van der Waals surface area contributed by atoms with Crippen molar-refractivity contribution >= 4 is 16.9 Å². The van der Waals surface area contributed by atoms with Gasteiger partial charge in [0, 0.05) is 37.3 Å². The third-order valence-electron chi connectivity index (χ3n) is 4.96. The highest BCUT2D eigenvalue weighted by Crippen LogP contribution is 2.17. The van der Waals surface area contributed by atoms with Gasteiger partial charge in [0.05, 0.1) is 12.1 Å². The Bertz CT molecular complexity index is 714. The predicted molar refractivity (Wildman–Crippen MR) is 109 cm³/mol. The number of guanidine groups is 1. The summed E-state index contributed by atoms with van der Waals surface area (Å²) in [5.74, 6) is 0.919. The fourth-order valence-electron chi connectivity index (χ4n) is 3.59. The van der Waals surface area contributed by atoms with Crippen molar-refractivity contribution < 1.29 is 0 Å². The van der Waals surface area contributed by atoms with Gasteiger partial charge in [0.1, 0.15) is 0 Å². The van der Waals surface area contributed by atoms with Crippen LogP contribution in [0.15, 0.2) is 41.5 Å². The van der Waals surface area contributed by atoms with Crippen molar-refractivity contribution in [3.63, 3.8) is 0 Å². The summed E-state index contributed by atoms with van der Waals surface area (Å²) < 4.78 is 0. The van der Waals surface area contributed by atoms with Gasteiger partial charge in [0.15, 0.2) is 5.96 Å². The number of aliphatic imine (C=N–C) groups is 1. The lowest BCUT2D eigenvalue weighted by Gasteiger charge is -2.32. The lowest BCUT2D eigenvalue weighted by Crippen LogP contribution is -2.48. The molecule has 0 spiro atoms. The number of likely N-dealkylation sites (tertiary alicyclic amines) is 1. The van der Waals surface area contributed by atoms with Crippen LogP contribution in [0.1, 0.15) is 38.7 Å². The van der Waals surface area contributed by atoms with Gasteiger partial charge in [0.2, 0.25) is 0 Å². The molecule has 1 aliphatic rings. The summed E-state index contributed by atoms with van der Waals surface area (Å²) in [6, 6.07) is 10.8. The van der Waals surface area contributed by atoms with Crippen LogP contribution in [-0.4, -0.2) is 48.1 Å². The molecule has 0 unspecified atom stereocenters. The largest absolute Gasteiger partial charge is 0.357 e. The first kappa shape index (κ1) is 18.6. The van der Waals surface area contributed by atoms with Crippen LogP contribution >= 0.6 is 0 Å². The molecule has 0 bridgehead atoms. The molecular weight excluding hydrogens is 322 g/mol. The molecule has 2 aromatic rings. The van der Waals surface area contributed by atoms with E-state index in [1.54, 1.807) is 0 Å². The van der Waals surface area contributed by atoms with E-state index in [0.717, 1.165) is 18.0 Å². The van der Waals surface area contributed by atoms with E-state index in [1.807, 2.05) is 12.3 Å². The lowest BCUT2D eigenvalue weighted by molar-refractivity contribution is 0.206. The van der Waals surface area contributed by atoms with Crippen molar-refractivity contribution in [1.29, 1.82) is 0 Å². The molecule has 0 aliphatic carbocycles. The molecule has 140 valence electrons. The van der Waals surface area contributed by atoms with Gasteiger partial charge >= 0.3 is 0 Å². The maximum Gasteiger partial charge on any atom is 0.191 e. The standard InChI is InChI=1S/C21H31N5/c1-3-13-26-14-10-18(11-15-26)25-21(22-4-2)24-16-17-9-12-23-20-8-6-5-7-19(17)20/h5-9,12,18H,3-4,10-11,13-16H2,1-2H3,(H2,22,24,25). The minimum atomic E-state index is 0.509. The number of fused-ring (bicyclic) bond motifs is 1. The Morgan fingerprint density at radius 1 is 1.19 bits per heavy atom. The van der Waals surface area contributed by atoms with Crippen molar-refractivity contribution in [2.45, 2.75) is 45.7 Å². The van der Waals surface area contributed by atoms with Crippen LogP contribution in [0.5, 0.6) is 0 Å². The number of hydrogen-bond donors (Lipinski definition) is 2. The number of pyridine rings is 1. The summed E-state index contributed by atoms with van der Waals surface area (Å²) in [4.78, 5) is 11.8. The van der Waals surface area contributed by atoms with Gasteiger partial charge in [-0.15, -0.1) is 0 Å². The van der Waals surface area contributed by atoms with Gasteiger partial charge in [0.25, 0.3) is 0 Å². The van der Waals surface area contributed by atoms with Crippen LogP contribution in [0.4, 0.5) is 0 Å². The molecule has 1 fully saturated rings. The van der Waals surface area contributed by atoms with Crippen molar-refractivity contribution in [3.05, 3.63) is 42.1 Å². The highest BCUT2D eigenvalue weighted by molar-refractivity contribution is 5.83. The summed E-state index contributed by atoms with van der Waals surface area (Å²) in [5.41, 5.74) is 2.24. The summed E-state index contributed by atoms with van der Waals surface area (Å²) in [5, 5.41) is 8.21. The zero-order chi connectivity index (χ0) is 18.2. The molecule has 1 saturated heterocycles. The van der Waals surface area contributed by atoms with Gasteiger partial charge in [-0.2, -0.15) is 0 Å². The van der Waals surface area contributed by atoms with Crippen LogP contribution in [0.25, 0.3) is 10.9 Å². The Hall–Kier alpha value is -2.14. The van der Waals surface area contributed by atoms with E-state index in [1.165, 1.54) is 49.8 Å². The molecule has 0 saturated carbocycles. The zero-order valence-electron chi connectivity index (χ0n) is 16.0. The molecule has 3 rings (SSSR count). The van der Waals surface area contributed by atoms with Gasteiger partial charge in [-0.3, -0.25) is 4.98 Å². The number of aromatic nitrogens is 1. The molecule has 2 N–H and O–H groups in total. The lowest BCUT2D eigenvalue weighted by atomic mass is 10.1. The minimum absolute atomic E-state index is 0.509. The summed E-state index contributed by atoms with van der Waals surface area (Å²) in [6.07, 6.45) is 5.48. The number of rotatable bonds is 6. The number of nitrogens with one attached hydrogen (secondary N) is 2. The number of piperidine rings is 1. The predicted octanol–water partition coefficient (Wildman–Crippen LogP) is 3.16. The smallest absolute Gasteiger partial charge is 0.191 e. The Balaban J connectivity index is 1.64. The molecule has 0 amide bonds. The Morgan fingerprint density at radius 3 is 2.77 bits per heavy atom. The highest BCUT2D eigenvalue weighted by atomic mass is 15.2. The second-order valence-corrected chi connectivity index (χ2v) is 6.94. The molecule has 5 nitrogen and oxygen atoms in total. The first-order valence-corrected chi connectivity index (χ1v) is 9.90. The highest BCUT2D eigenvalue weighted by Gasteiger charge is 2.19. The maximum atomic E-state index is 4.84. The zero-order valence-corrected chi connectivity index (χ0v) is 16.0. The van der Waals surface area contributed by atoms with Gasteiger partial charge < -0.3 is 15.5 Å². The molecule has 1 aromatic heterocycles. The quantitative estimate of drug-likeness (QED) is 0.619. The molecule has 0 radical (unpaired) electrons. The number of hydrogen-bond acceptors (Lipinski definition) is 3. The Morgan fingerprint density at radius 2 is 2.00 bits per heavy atom. The van der Waals surface area contributed by atoms with Crippen molar-refractivity contribution in [2.75, 3.05) is 26.2 Å². The van der Waals surface area contributed by atoms with Crippen LogP contribution < -0.4 is 10.6 Å². The van der Waals surface area contributed by atoms with E-state index in [9.17, 15) is 0 Å². The SMILES string of the molecule is CCCN1CCC(NC(=NCc2ccnc3ccccc23)NCC)CC1. The molecule has 1 aliphatic heterocycles. The fourth-order valence-corrected chi connectivity index (χ4v) is 3.59. The van der Waals surface area contributed by atoms with Crippen molar-refractivity contribution in [1.82, 2.24) is 20.5 Å². The summed E-state index contributed by atoms with van der Waals surface area (Å²) in [7, 11) is 0. The normalized spacial score (nSPS) is 16.8. The average Bonchev–Trinajstić information content (AvgIpc) is 2.68. The van der Waals surface area contributed by atoms with Crippen LogP contribution in [-0.2, 0) is 6.54 Å². The summed E-state index contributed by atoms with van der Waals surface area (Å²) in [6.45, 7) is 9.48. The van der Waals surface area contributed by atoms with Crippen LogP contribution in [0.2, 0.25) is 0 Å². The third-order valence-corrected chi connectivity index (χ3v) is 4.96. The van der Waals surface area contributed by atoms with Crippen LogP contribution in [0, 0.1) is 0 Å².